The quantitative estimate of drug-likeness (QED) is 0.576. The molecular weight excluding hydrogens is 288 g/mol. The third kappa shape index (κ3) is 4.71. The number of pyridine rings is 1. The molecule has 0 atom stereocenters. The SMILES string of the molecule is CCCNc1cc([N+](=O)[O-])cc(NCCc2cccs2)n1. The number of nitrogens with one attached hydrogen (secondary N) is 2. The van der Waals surface area contributed by atoms with Gasteiger partial charge in [-0.15, -0.1) is 11.3 Å². The topological polar surface area (TPSA) is 80.1 Å². The maximum Gasteiger partial charge on any atom is 0.276 e. The molecule has 0 saturated carbocycles. The molecule has 0 spiro atoms. The molecule has 0 unspecified atom stereocenters. The van der Waals surface area contributed by atoms with Crippen molar-refractivity contribution < 1.29 is 4.92 Å². The van der Waals surface area contributed by atoms with E-state index in [-0.39, 0.29) is 5.69 Å². The van der Waals surface area contributed by atoms with Gasteiger partial charge in [0.1, 0.15) is 11.6 Å². The largest absolute Gasteiger partial charge is 0.370 e. The average Bonchev–Trinajstić information content (AvgIpc) is 2.98. The normalized spacial score (nSPS) is 10.3. The second-order valence-corrected chi connectivity index (χ2v) is 5.57. The summed E-state index contributed by atoms with van der Waals surface area (Å²) >= 11 is 1.70. The molecular formula is C14H18N4O2S. The highest BCUT2D eigenvalue weighted by molar-refractivity contribution is 7.09. The molecule has 2 aromatic rings. The highest BCUT2D eigenvalue weighted by Crippen LogP contribution is 2.20. The molecule has 2 heterocycles. The maximum absolute atomic E-state index is 11.0. The van der Waals surface area contributed by atoms with Crippen LogP contribution in [-0.2, 0) is 6.42 Å². The zero-order valence-corrected chi connectivity index (χ0v) is 12.7. The van der Waals surface area contributed by atoms with Gasteiger partial charge in [0.05, 0.1) is 17.1 Å². The summed E-state index contributed by atoms with van der Waals surface area (Å²) in [5, 5.41) is 19.2. The summed E-state index contributed by atoms with van der Waals surface area (Å²) in [7, 11) is 0. The van der Waals surface area contributed by atoms with Crippen molar-refractivity contribution in [1.29, 1.82) is 0 Å². The van der Waals surface area contributed by atoms with Gasteiger partial charge in [-0.3, -0.25) is 10.1 Å². The molecule has 6 nitrogen and oxygen atoms in total. The Morgan fingerprint density at radius 2 is 2.00 bits per heavy atom. The Morgan fingerprint density at radius 3 is 2.57 bits per heavy atom. The van der Waals surface area contributed by atoms with E-state index in [1.54, 1.807) is 11.3 Å². The van der Waals surface area contributed by atoms with Crippen molar-refractivity contribution in [3.05, 3.63) is 44.6 Å². The molecule has 0 saturated heterocycles. The van der Waals surface area contributed by atoms with Crippen LogP contribution in [0.2, 0.25) is 0 Å². The lowest BCUT2D eigenvalue weighted by atomic mass is 10.3. The lowest BCUT2D eigenvalue weighted by molar-refractivity contribution is -0.384. The van der Waals surface area contributed by atoms with E-state index < -0.39 is 4.92 Å². The predicted octanol–water partition coefficient (Wildman–Crippen LogP) is 3.53. The van der Waals surface area contributed by atoms with Crippen LogP contribution in [-0.4, -0.2) is 23.0 Å². The fourth-order valence-corrected chi connectivity index (χ4v) is 2.53. The zero-order chi connectivity index (χ0) is 15.1. The lowest BCUT2D eigenvalue weighted by Crippen LogP contribution is -2.09. The molecule has 0 amide bonds. The lowest BCUT2D eigenvalue weighted by Gasteiger charge is -2.08. The maximum atomic E-state index is 11.0. The van der Waals surface area contributed by atoms with Gasteiger partial charge in [0.25, 0.3) is 5.69 Å². The van der Waals surface area contributed by atoms with E-state index in [1.807, 2.05) is 18.4 Å². The number of nitro groups is 1. The third-order valence-corrected chi connectivity index (χ3v) is 3.77. The summed E-state index contributed by atoms with van der Waals surface area (Å²) in [6.07, 6.45) is 1.81. The predicted molar refractivity (Wildman–Crippen MR) is 86.2 cm³/mol. The summed E-state index contributed by atoms with van der Waals surface area (Å²) in [4.78, 5) is 16.2. The van der Waals surface area contributed by atoms with Crippen molar-refractivity contribution in [1.82, 2.24) is 4.98 Å². The number of hydrogen-bond donors (Lipinski definition) is 2. The van der Waals surface area contributed by atoms with Gasteiger partial charge in [0, 0.05) is 18.0 Å². The van der Waals surface area contributed by atoms with Crippen molar-refractivity contribution in [2.75, 3.05) is 23.7 Å². The van der Waals surface area contributed by atoms with Gasteiger partial charge in [-0.1, -0.05) is 13.0 Å². The highest BCUT2D eigenvalue weighted by Gasteiger charge is 2.10. The minimum Gasteiger partial charge on any atom is -0.370 e. The van der Waals surface area contributed by atoms with E-state index in [4.69, 9.17) is 0 Å². The van der Waals surface area contributed by atoms with Crippen LogP contribution in [0, 0.1) is 10.1 Å². The van der Waals surface area contributed by atoms with Crippen LogP contribution in [0.25, 0.3) is 0 Å². The summed E-state index contributed by atoms with van der Waals surface area (Å²) in [5.74, 6) is 1.06. The molecule has 0 bridgehead atoms. The van der Waals surface area contributed by atoms with Crippen LogP contribution in [0.5, 0.6) is 0 Å². The second kappa shape index (κ2) is 7.58. The van der Waals surface area contributed by atoms with Gasteiger partial charge in [-0.2, -0.15) is 0 Å². The zero-order valence-electron chi connectivity index (χ0n) is 11.8. The molecule has 21 heavy (non-hydrogen) atoms. The van der Waals surface area contributed by atoms with E-state index in [0.717, 1.165) is 19.4 Å². The Morgan fingerprint density at radius 1 is 1.29 bits per heavy atom. The minimum atomic E-state index is -0.400. The molecule has 0 aliphatic carbocycles. The summed E-state index contributed by atoms with van der Waals surface area (Å²) in [5.41, 5.74) is 0.0437. The number of anilines is 2. The molecule has 7 heteroatoms. The van der Waals surface area contributed by atoms with Crippen molar-refractivity contribution in [3.8, 4) is 0 Å². The molecule has 0 fully saturated rings. The minimum absolute atomic E-state index is 0.0437. The fourth-order valence-electron chi connectivity index (χ4n) is 1.82. The Labute approximate surface area is 127 Å². The number of aromatic nitrogens is 1. The monoisotopic (exact) mass is 306 g/mol. The van der Waals surface area contributed by atoms with Gasteiger partial charge in [0.2, 0.25) is 0 Å². The van der Waals surface area contributed by atoms with E-state index in [0.29, 0.717) is 18.2 Å². The molecule has 2 N–H and O–H groups in total. The molecule has 2 aromatic heterocycles. The summed E-state index contributed by atoms with van der Waals surface area (Å²) in [6.45, 7) is 3.47. The van der Waals surface area contributed by atoms with E-state index in [2.05, 4.69) is 21.7 Å². The first-order valence-electron chi connectivity index (χ1n) is 6.85. The Balaban J connectivity index is 2.02. The fraction of sp³-hybridized carbons (Fsp3) is 0.357. The van der Waals surface area contributed by atoms with E-state index in [1.165, 1.54) is 17.0 Å². The van der Waals surface area contributed by atoms with E-state index in [9.17, 15) is 10.1 Å². The molecule has 2 rings (SSSR count). The van der Waals surface area contributed by atoms with Crippen molar-refractivity contribution in [3.63, 3.8) is 0 Å². The van der Waals surface area contributed by atoms with Crippen LogP contribution in [0.3, 0.4) is 0 Å². The first-order valence-corrected chi connectivity index (χ1v) is 7.73. The molecule has 112 valence electrons. The van der Waals surface area contributed by atoms with Gasteiger partial charge < -0.3 is 10.6 Å². The van der Waals surface area contributed by atoms with Crippen LogP contribution >= 0.6 is 11.3 Å². The number of rotatable bonds is 8. The van der Waals surface area contributed by atoms with Gasteiger partial charge >= 0.3 is 0 Å². The van der Waals surface area contributed by atoms with Crippen LogP contribution in [0.1, 0.15) is 18.2 Å². The molecule has 0 aromatic carbocycles. The second-order valence-electron chi connectivity index (χ2n) is 4.54. The van der Waals surface area contributed by atoms with Gasteiger partial charge in [-0.25, -0.2) is 4.98 Å². The van der Waals surface area contributed by atoms with E-state index >= 15 is 0 Å². The number of nitrogens with zero attached hydrogens (tertiary/aromatic N) is 2. The smallest absolute Gasteiger partial charge is 0.276 e. The molecule has 0 radical (unpaired) electrons. The first-order chi connectivity index (χ1) is 10.2. The molecule has 0 aliphatic rings. The van der Waals surface area contributed by atoms with Gasteiger partial charge in [0.15, 0.2) is 0 Å². The van der Waals surface area contributed by atoms with Crippen LogP contribution in [0.15, 0.2) is 29.6 Å². The van der Waals surface area contributed by atoms with Crippen molar-refractivity contribution in [2.45, 2.75) is 19.8 Å². The summed E-state index contributed by atoms with van der Waals surface area (Å²) in [6, 6.07) is 7.01. The summed E-state index contributed by atoms with van der Waals surface area (Å²) < 4.78 is 0. The number of hydrogen-bond acceptors (Lipinski definition) is 6. The van der Waals surface area contributed by atoms with Crippen LogP contribution < -0.4 is 10.6 Å². The van der Waals surface area contributed by atoms with Crippen molar-refractivity contribution >= 4 is 28.7 Å². The average molecular weight is 306 g/mol. The Bertz CT molecular complexity index is 587. The number of thiophene rings is 1. The van der Waals surface area contributed by atoms with Crippen LogP contribution in [0.4, 0.5) is 17.3 Å². The van der Waals surface area contributed by atoms with Crippen molar-refractivity contribution in [2.24, 2.45) is 0 Å². The third-order valence-electron chi connectivity index (χ3n) is 2.83. The standard InChI is InChI=1S/C14H18N4O2S/c1-2-6-15-13-9-11(18(19)20)10-14(17-13)16-7-5-12-4-3-8-21-12/h3-4,8-10H,2,5-7H2,1H3,(H2,15,16,17). The van der Waals surface area contributed by atoms with Gasteiger partial charge in [-0.05, 0) is 24.3 Å². The first kappa shape index (κ1) is 15.2. The Kier molecular flexibility index (Phi) is 5.51. The molecule has 0 aliphatic heterocycles. The Hall–Kier alpha value is -2.15. The highest BCUT2D eigenvalue weighted by atomic mass is 32.1.